The monoisotopic (exact) mass is 420 g/mol. The average molecular weight is 420 g/mol. The van der Waals surface area contributed by atoms with Crippen molar-refractivity contribution in [2.24, 2.45) is 5.92 Å². The number of imide groups is 1. The lowest BCUT2D eigenvalue weighted by atomic mass is 9.81. The number of amides is 2. The van der Waals surface area contributed by atoms with Crippen LogP contribution in [0.2, 0.25) is 0 Å². The Kier molecular flexibility index (Phi) is 5.01. The maximum atomic E-state index is 13.1. The Hall–Kier alpha value is -2.94. The van der Waals surface area contributed by atoms with E-state index in [1.165, 1.54) is 0 Å². The summed E-state index contributed by atoms with van der Waals surface area (Å²) in [6, 6.07) is 11.5. The zero-order valence-electron chi connectivity index (χ0n) is 15.9. The summed E-state index contributed by atoms with van der Waals surface area (Å²) in [5, 5.41) is 8.91. The number of carbonyl (C=O) groups is 3. The van der Waals surface area contributed by atoms with Crippen molar-refractivity contribution in [2.45, 2.75) is 25.1 Å². The highest BCUT2D eigenvalue weighted by atomic mass is 19.4. The summed E-state index contributed by atoms with van der Waals surface area (Å²) < 4.78 is 31.7. The van der Waals surface area contributed by atoms with E-state index in [0.717, 1.165) is 43.2 Å². The molecule has 2 aromatic carbocycles. The molecule has 0 saturated carbocycles. The number of benzene rings is 2. The third kappa shape index (κ3) is 3.43. The van der Waals surface area contributed by atoms with E-state index in [1.807, 2.05) is 36.4 Å². The molecule has 2 aromatic rings. The number of nitrogens with zero attached hydrogens (tertiary/aromatic N) is 2. The van der Waals surface area contributed by atoms with E-state index in [2.05, 4.69) is 4.90 Å². The van der Waals surface area contributed by atoms with Crippen LogP contribution in [-0.2, 0) is 4.79 Å². The highest BCUT2D eigenvalue weighted by Gasteiger charge is 2.44. The van der Waals surface area contributed by atoms with Gasteiger partial charge in [-0.25, -0.2) is 4.79 Å². The van der Waals surface area contributed by atoms with Crippen LogP contribution in [0.25, 0.3) is 10.8 Å². The van der Waals surface area contributed by atoms with E-state index in [9.17, 15) is 22.8 Å². The Morgan fingerprint density at radius 3 is 1.87 bits per heavy atom. The minimum absolute atomic E-state index is 0.0288. The number of fused-ring (bicyclic) bond motifs is 3. The van der Waals surface area contributed by atoms with Gasteiger partial charge in [0, 0.05) is 23.1 Å². The molecule has 1 N–H and O–H groups in total. The number of carbonyl (C=O) groups excluding carboxylic acids is 2. The highest BCUT2D eigenvalue weighted by molar-refractivity contribution is 6.25. The van der Waals surface area contributed by atoms with Crippen molar-refractivity contribution in [2.75, 3.05) is 19.6 Å². The van der Waals surface area contributed by atoms with Crippen LogP contribution < -0.4 is 0 Å². The van der Waals surface area contributed by atoms with Crippen molar-refractivity contribution in [3.8, 4) is 0 Å². The van der Waals surface area contributed by atoms with Gasteiger partial charge in [0.1, 0.15) is 0 Å². The SMILES string of the molecule is O=C(O)C(F)(F)F.O=C1c2cccc3cccc(c23)C(=O)N1[C@@H]1CN2CCC1CC2. The molecule has 1 atom stereocenters. The average Bonchev–Trinajstić information content (AvgIpc) is 2.73. The van der Waals surface area contributed by atoms with Crippen LogP contribution in [0.3, 0.4) is 0 Å². The molecule has 4 aliphatic heterocycles. The Bertz CT molecular complexity index is 978. The summed E-state index contributed by atoms with van der Waals surface area (Å²) in [7, 11) is 0. The molecule has 4 heterocycles. The van der Waals surface area contributed by atoms with Crippen molar-refractivity contribution < 1.29 is 32.7 Å². The maximum Gasteiger partial charge on any atom is 0.490 e. The van der Waals surface area contributed by atoms with Crippen LogP contribution in [0.1, 0.15) is 33.6 Å². The quantitative estimate of drug-likeness (QED) is 0.718. The lowest BCUT2D eigenvalue weighted by Crippen LogP contribution is -2.60. The molecule has 0 unspecified atom stereocenters. The lowest BCUT2D eigenvalue weighted by molar-refractivity contribution is -0.192. The van der Waals surface area contributed by atoms with E-state index in [4.69, 9.17) is 9.90 Å². The van der Waals surface area contributed by atoms with Crippen LogP contribution in [0.4, 0.5) is 13.2 Å². The third-order valence-corrected chi connectivity index (χ3v) is 6.00. The summed E-state index contributed by atoms with van der Waals surface area (Å²) in [5.74, 6) is -2.53. The minimum atomic E-state index is -5.08. The molecule has 0 aromatic heterocycles. The van der Waals surface area contributed by atoms with Crippen molar-refractivity contribution in [3.05, 3.63) is 47.5 Å². The number of piperidine rings is 3. The molecule has 2 bridgehead atoms. The van der Waals surface area contributed by atoms with Gasteiger partial charge in [0.2, 0.25) is 0 Å². The van der Waals surface area contributed by atoms with Crippen LogP contribution in [0, 0.1) is 5.92 Å². The van der Waals surface area contributed by atoms with E-state index in [0.29, 0.717) is 17.0 Å². The fourth-order valence-electron chi connectivity index (χ4n) is 4.58. The van der Waals surface area contributed by atoms with Gasteiger partial charge in [0.05, 0.1) is 6.04 Å². The molecule has 30 heavy (non-hydrogen) atoms. The van der Waals surface area contributed by atoms with Gasteiger partial charge in [0.25, 0.3) is 11.8 Å². The summed E-state index contributed by atoms with van der Waals surface area (Å²) in [4.78, 5) is 39.0. The number of aliphatic carboxylic acids is 1. The Labute approximate surface area is 169 Å². The number of hydrogen-bond acceptors (Lipinski definition) is 4. The topological polar surface area (TPSA) is 77.9 Å². The van der Waals surface area contributed by atoms with E-state index < -0.39 is 12.1 Å². The molecule has 4 aliphatic rings. The van der Waals surface area contributed by atoms with Crippen molar-refractivity contribution in [1.29, 1.82) is 0 Å². The number of halogens is 3. The van der Waals surface area contributed by atoms with Gasteiger partial charge in [-0.3, -0.25) is 14.5 Å². The second-order valence-corrected chi connectivity index (χ2v) is 7.70. The molecule has 3 saturated heterocycles. The fourth-order valence-corrected chi connectivity index (χ4v) is 4.58. The van der Waals surface area contributed by atoms with E-state index >= 15 is 0 Å². The molecular weight excluding hydrogens is 401 g/mol. The first kappa shape index (κ1) is 20.3. The predicted octanol–water partition coefficient (Wildman–Crippen LogP) is 3.16. The van der Waals surface area contributed by atoms with Crippen molar-refractivity contribution in [3.63, 3.8) is 0 Å². The van der Waals surface area contributed by atoms with Gasteiger partial charge in [-0.15, -0.1) is 0 Å². The maximum absolute atomic E-state index is 13.1. The molecule has 2 amide bonds. The summed E-state index contributed by atoms with van der Waals surface area (Å²) in [5.41, 5.74) is 1.35. The molecular formula is C21H19F3N2O4. The molecule has 158 valence electrons. The standard InChI is InChI=1S/C19H18N2O2.C2HF3O2/c22-18-14-5-1-3-13-4-2-6-15(17(13)14)19(23)21(18)16-11-20-9-7-12(16)8-10-20;3-2(4,5)1(6)7/h1-6,12,16H,7-11H2;(H,6,7)/t16-;/m1./s1. The van der Waals surface area contributed by atoms with Crippen LogP contribution in [0.5, 0.6) is 0 Å². The zero-order valence-corrected chi connectivity index (χ0v) is 15.9. The molecule has 0 spiro atoms. The second kappa shape index (κ2) is 7.39. The number of rotatable bonds is 1. The zero-order chi connectivity index (χ0) is 21.6. The first-order valence-corrected chi connectivity index (χ1v) is 9.60. The molecule has 0 radical (unpaired) electrons. The van der Waals surface area contributed by atoms with Crippen LogP contribution in [0.15, 0.2) is 36.4 Å². The van der Waals surface area contributed by atoms with Gasteiger partial charge in [-0.05, 0) is 49.4 Å². The predicted molar refractivity (Wildman–Crippen MR) is 101 cm³/mol. The smallest absolute Gasteiger partial charge is 0.475 e. The summed E-state index contributed by atoms with van der Waals surface area (Å²) in [6.45, 7) is 3.04. The first-order valence-electron chi connectivity index (χ1n) is 9.60. The molecule has 0 aliphatic carbocycles. The Balaban J connectivity index is 0.000000272. The summed E-state index contributed by atoms with van der Waals surface area (Å²) >= 11 is 0. The Morgan fingerprint density at radius 2 is 1.47 bits per heavy atom. The number of carboxylic acid groups (broad SMARTS) is 1. The van der Waals surface area contributed by atoms with Gasteiger partial charge >= 0.3 is 12.1 Å². The number of carboxylic acids is 1. The second-order valence-electron chi connectivity index (χ2n) is 7.70. The normalized spacial score (nSPS) is 25.2. The van der Waals surface area contributed by atoms with Crippen molar-refractivity contribution >= 4 is 28.6 Å². The lowest BCUT2D eigenvalue weighted by Gasteiger charge is -2.49. The van der Waals surface area contributed by atoms with E-state index in [1.54, 1.807) is 4.90 Å². The van der Waals surface area contributed by atoms with Gasteiger partial charge < -0.3 is 10.0 Å². The van der Waals surface area contributed by atoms with Gasteiger partial charge in [0.15, 0.2) is 0 Å². The Morgan fingerprint density at radius 1 is 0.967 bits per heavy atom. The minimum Gasteiger partial charge on any atom is -0.475 e. The van der Waals surface area contributed by atoms with Gasteiger partial charge in [-0.2, -0.15) is 13.2 Å². The van der Waals surface area contributed by atoms with Crippen molar-refractivity contribution in [1.82, 2.24) is 9.80 Å². The first-order chi connectivity index (χ1) is 14.2. The molecule has 6 rings (SSSR count). The molecule has 3 fully saturated rings. The highest BCUT2D eigenvalue weighted by Crippen LogP contribution is 2.36. The number of hydrogen-bond donors (Lipinski definition) is 1. The summed E-state index contributed by atoms with van der Waals surface area (Å²) in [6.07, 6.45) is -2.90. The van der Waals surface area contributed by atoms with Gasteiger partial charge in [-0.1, -0.05) is 24.3 Å². The largest absolute Gasteiger partial charge is 0.490 e. The van der Waals surface area contributed by atoms with Crippen LogP contribution >= 0.6 is 0 Å². The third-order valence-electron chi connectivity index (χ3n) is 6.00. The van der Waals surface area contributed by atoms with E-state index in [-0.39, 0.29) is 17.9 Å². The van der Waals surface area contributed by atoms with Crippen LogP contribution in [-0.4, -0.2) is 64.5 Å². The fraction of sp³-hybridized carbons (Fsp3) is 0.381. The number of alkyl halides is 3. The molecule has 6 nitrogen and oxygen atoms in total. The molecule has 9 heteroatoms.